The van der Waals surface area contributed by atoms with Crippen LogP contribution in [0, 0.1) is 0 Å². The van der Waals surface area contributed by atoms with Gasteiger partial charge in [0.05, 0.1) is 6.61 Å². The molecule has 2 aliphatic heterocycles. The van der Waals surface area contributed by atoms with Crippen LogP contribution in [0.15, 0.2) is 48.5 Å². The fraction of sp³-hybridized carbons (Fsp3) is 0.235. The van der Waals surface area contributed by atoms with Gasteiger partial charge in [0.2, 0.25) is 6.79 Å². The van der Waals surface area contributed by atoms with Gasteiger partial charge in [-0.15, -0.1) is 0 Å². The molecular formula is C17H16N2O4. The summed E-state index contributed by atoms with van der Waals surface area (Å²) >= 11 is 0. The van der Waals surface area contributed by atoms with Crippen LogP contribution < -0.4 is 14.8 Å². The molecule has 6 heteroatoms. The summed E-state index contributed by atoms with van der Waals surface area (Å²) in [5, 5.41) is 2.89. The minimum Gasteiger partial charge on any atom is -0.454 e. The molecule has 0 aromatic heterocycles. The molecule has 2 aromatic rings. The number of nitrogens with zero attached hydrogens (tertiary/aromatic N) is 1. The first-order valence-corrected chi connectivity index (χ1v) is 7.45. The molecule has 1 atom stereocenters. The van der Waals surface area contributed by atoms with Crippen molar-refractivity contribution in [1.29, 1.82) is 0 Å². The molecule has 1 fully saturated rings. The Labute approximate surface area is 133 Å². The topological polar surface area (TPSA) is 60.0 Å². The lowest BCUT2D eigenvalue weighted by atomic mass is 10.1. The van der Waals surface area contributed by atoms with Crippen LogP contribution in [-0.2, 0) is 4.74 Å². The number of benzene rings is 2. The van der Waals surface area contributed by atoms with E-state index < -0.39 is 6.23 Å². The van der Waals surface area contributed by atoms with E-state index in [1.54, 1.807) is 4.90 Å². The Bertz CT molecular complexity index is 720. The third-order valence-electron chi connectivity index (χ3n) is 3.86. The number of hydrogen-bond acceptors (Lipinski definition) is 4. The number of rotatable bonds is 2. The number of ether oxygens (including phenoxy) is 3. The van der Waals surface area contributed by atoms with Crippen molar-refractivity contribution in [3.63, 3.8) is 0 Å². The molecule has 118 valence electrons. The Kier molecular flexibility index (Phi) is 3.51. The van der Waals surface area contributed by atoms with E-state index in [9.17, 15) is 4.79 Å². The van der Waals surface area contributed by atoms with Gasteiger partial charge < -0.3 is 19.5 Å². The predicted octanol–water partition coefficient (Wildman–Crippen LogP) is 2.98. The van der Waals surface area contributed by atoms with Gasteiger partial charge in [-0.2, -0.15) is 0 Å². The minimum absolute atomic E-state index is 0.184. The van der Waals surface area contributed by atoms with E-state index in [-0.39, 0.29) is 12.8 Å². The van der Waals surface area contributed by atoms with E-state index in [0.29, 0.717) is 24.7 Å². The first kappa shape index (κ1) is 13.9. The van der Waals surface area contributed by atoms with E-state index in [1.165, 1.54) is 0 Å². The van der Waals surface area contributed by atoms with Gasteiger partial charge >= 0.3 is 6.03 Å². The molecule has 4 rings (SSSR count). The number of hydrogen-bond donors (Lipinski definition) is 1. The second kappa shape index (κ2) is 5.81. The van der Waals surface area contributed by atoms with E-state index >= 15 is 0 Å². The molecule has 2 aromatic carbocycles. The molecule has 1 N–H and O–H groups in total. The molecule has 23 heavy (non-hydrogen) atoms. The van der Waals surface area contributed by atoms with Crippen LogP contribution in [0.3, 0.4) is 0 Å². The summed E-state index contributed by atoms with van der Waals surface area (Å²) in [6, 6.07) is 14.8. The molecule has 2 aliphatic rings. The Balaban J connectivity index is 1.53. The zero-order valence-electron chi connectivity index (χ0n) is 12.4. The lowest BCUT2D eigenvalue weighted by molar-refractivity contribution is 0.0520. The quantitative estimate of drug-likeness (QED) is 0.926. The first-order chi connectivity index (χ1) is 11.3. The van der Waals surface area contributed by atoms with Gasteiger partial charge in [0.1, 0.15) is 0 Å². The van der Waals surface area contributed by atoms with Gasteiger partial charge in [0, 0.05) is 17.8 Å². The Morgan fingerprint density at radius 2 is 1.91 bits per heavy atom. The van der Waals surface area contributed by atoms with E-state index in [4.69, 9.17) is 14.2 Å². The maximum Gasteiger partial charge on any atom is 0.324 e. The largest absolute Gasteiger partial charge is 0.454 e. The van der Waals surface area contributed by atoms with Crippen molar-refractivity contribution in [2.75, 3.05) is 25.3 Å². The van der Waals surface area contributed by atoms with Crippen LogP contribution in [0.2, 0.25) is 0 Å². The van der Waals surface area contributed by atoms with Crippen molar-refractivity contribution in [3.05, 3.63) is 54.1 Å². The van der Waals surface area contributed by atoms with Crippen LogP contribution in [0.1, 0.15) is 11.8 Å². The van der Waals surface area contributed by atoms with Gasteiger partial charge in [0.25, 0.3) is 0 Å². The van der Waals surface area contributed by atoms with Crippen LogP contribution in [0.5, 0.6) is 11.5 Å². The Hall–Kier alpha value is -2.73. The molecular weight excluding hydrogens is 296 g/mol. The maximum absolute atomic E-state index is 12.5. The van der Waals surface area contributed by atoms with Crippen LogP contribution in [-0.4, -0.2) is 30.9 Å². The molecule has 2 heterocycles. The van der Waals surface area contributed by atoms with Crippen molar-refractivity contribution < 1.29 is 19.0 Å². The molecule has 0 radical (unpaired) electrons. The normalized spacial score (nSPS) is 19.0. The third kappa shape index (κ3) is 2.68. The number of fused-ring (bicyclic) bond motifs is 1. The standard InChI is InChI=1S/C17H16N2O4/c20-17(18-13-4-2-1-3-5-13)19-8-9-21-16(19)12-6-7-14-15(10-12)23-11-22-14/h1-7,10,16H,8-9,11H2,(H,18,20). The summed E-state index contributed by atoms with van der Waals surface area (Å²) in [6.07, 6.45) is -0.423. The number of carbonyl (C=O) groups is 1. The monoisotopic (exact) mass is 312 g/mol. The van der Waals surface area contributed by atoms with Crippen LogP contribution in [0.25, 0.3) is 0 Å². The molecule has 0 spiro atoms. The van der Waals surface area contributed by atoms with Crippen LogP contribution >= 0.6 is 0 Å². The summed E-state index contributed by atoms with van der Waals surface area (Å²) in [5.74, 6) is 1.40. The van der Waals surface area contributed by atoms with Crippen LogP contribution in [0.4, 0.5) is 10.5 Å². The summed E-state index contributed by atoms with van der Waals surface area (Å²) < 4.78 is 16.4. The van der Waals surface area contributed by atoms with Gasteiger partial charge in [-0.25, -0.2) is 4.79 Å². The number of nitrogens with one attached hydrogen (secondary N) is 1. The maximum atomic E-state index is 12.5. The zero-order chi connectivity index (χ0) is 15.6. The Morgan fingerprint density at radius 1 is 1.09 bits per heavy atom. The van der Waals surface area contributed by atoms with Gasteiger partial charge in [-0.1, -0.05) is 24.3 Å². The van der Waals surface area contributed by atoms with E-state index in [0.717, 1.165) is 11.3 Å². The van der Waals surface area contributed by atoms with E-state index in [2.05, 4.69) is 5.32 Å². The first-order valence-electron chi connectivity index (χ1n) is 7.45. The molecule has 1 saturated heterocycles. The highest BCUT2D eigenvalue weighted by molar-refractivity contribution is 5.89. The average molecular weight is 312 g/mol. The smallest absolute Gasteiger partial charge is 0.324 e. The van der Waals surface area contributed by atoms with E-state index in [1.807, 2.05) is 48.5 Å². The zero-order valence-corrected chi connectivity index (χ0v) is 12.4. The van der Waals surface area contributed by atoms with Gasteiger partial charge in [-0.3, -0.25) is 4.90 Å². The van der Waals surface area contributed by atoms with Gasteiger partial charge in [-0.05, 0) is 24.3 Å². The average Bonchev–Trinajstić information content (AvgIpc) is 3.24. The second-order valence-electron chi connectivity index (χ2n) is 5.33. The fourth-order valence-electron chi connectivity index (χ4n) is 2.74. The molecule has 0 bridgehead atoms. The number of anilines is 1. The molecule has 6 nitrogen and oxygen atoms in total. The van der Waals surface area contributed by atoms with Crippen molar-refractivity contribution in [3.8, 4) is 11.5 Å². The molecule has 0 aliphatic carbocycles. The van der Waals surface area contributed by atoms with Gasteiger partial charge in [0.15, 0.2) is 17.7 Å². The predicted molar refractivity (Wildman–Crippen MR) is 83.4 cm³/mol. The molecule has 0 saturated carbocycles. The summed E-state index contributed by atoms with van der Waals surface area (Å²) in [4.78, 5) is 14.2. The number of carbonyl (C=O) groups excluding carboxylic acids is 1. The highest BCUT2D eigenvalue weighted by Gasteiger charge is 2.32. The van der Waals surface area contributed by atoms with Crippen molar-refractivity contribution in [2.45, 2.75) is 6.23 Å². The van der Waals surface area contributed by atoms with Crippen molar-refractivity contribution in [2.24, 2.45) is 0 Å². The lowest BCUT2D eigenvalue weighted by Crippen LogP contribution is -2.34. The fourth-order valence-corrected chi connectivity index (χ4v) is 2.74. The lowest BCUT2D eigenvalue weighted by Gasteiger charge is -2.24. The number of para-hydroxylation sites is 1. The Morgan fingerprint density at radius 3 is 2.78 bits per heavy atom. The summed E-state index contributed by atoms with van der Waals surface area (Å²) in [7, 11) is 0. The SMILES string of the molecule is O=C(Nc1ccccc1)N1CCOC1c1ccc2c(c1)OCO2. The number of urea groups is 1. The minimum atomic E-state index is -0.423. The summed E-state index contributed by atoms with van der Waals surface area (Å²) in [6.45, 7) is 1.27. The highest BCUT2D eigenvalue weighted by atomic mass is 16.7. The highest BCUT2D eigenvalue weighted by Crippen LogP contribution is 2.37. The molecule has 1 unspecified atom stereocenters. The molecule has 2 amide bonds. The number of amides is 2. The third-order valence-corrected chi connectivity index (χ3v) is 3.86. The summed E-state index contributed by atoms with van der Waals surface area (Å²) in [5.41, 5.74) is 1.63. The second-order valence-corrected chi connectivity index (χ2v) is 5.33. The van der Waals surface area contributed by atoms with Crippen molar-refractivity contribution >= 4 is 11.7 Å². The van der Waals surface area contributed by atoms with Crippen molar-refractivity contribution in [1.82, 2.24) is 4.90 Å².